The lowest BCUT2D eigenvalue weighted by molar-refractivity contribution is 0.00791. The number of hydrogen-bond donors (Lipinski definition) is 2. The molecular weight excluding hydrogens is 454 g/mol. The first-order valence-corrected chi connectivity index (χ1v) is 12.8. The van der Waals surface area contributed by atoms with Gasteiger partial charge >= 0.3 is 0 Å². The van der Waals surface area contributed by atoms with E-state index in [4.69, 9.17) is 14.2 Å². The summed E-state index contributed by atoms with van der Waals surface area (Å²) < 4.78 is 16.5. The van der Waals surface area contributed by atoms with Crippen molar-refractivity contribution in [1.29, 1.82) is 0 Å². The van der Waals surface area contributed by atoms with Gasteiger partial charge in [-0.2, -0.15) is 0 Å². The van der Waals surface area contributed by atoms with Crippen molar-refractivity contribution in [2.24, 2.45) is 0 Å². The summed E-state index contributed by atoms with van der Waals surface area (Å²) in [6.45, 7) is 3.85. The minimum Gasteiger partial charge on any atom is -0.493 e. The van der Waals surface area contributed by atoms with Gasteiger partial charge in [0.1, 0.15) is 17.8 Å². The molecule has 188 valence electrons. The molecule has 0 spiro atoms. The minimum absolute atomic E-state index is 0.416. The second-order valence-electron chi connectivity index (χ2n) is 9.70. The van der Waals surface area contributed by atoms with Crippen LogP contribution in [-0.2, 0) is 4.74 Å². The molecule has 2 N–H and O–H groups in total. The van der Waals surface area contributed by atoms with Crippen LogP contribution < -0.4 is 14.8 Å². The number of aromatic amines is 1. The van der Waals surface area contributed by atoms with Gasteiger partial charge in [-0.15, -0.1) is 0 Å². The number of ether oxygens (including phenoxy) is 3. The molecule has 1 aliphatic heterocycles. The Morgan fingerprint density at radius 2 is 1.67 bits per heavy atom. The van der Waals surface area contributed by atoms with E-state index in [0.717, 1.165) is 83.8 Å². The average molecular weight is 488 g/mol. The molecule has 1 saturated heterocycles. The van der Waals surface area contributed by atoms with Gasteiger partial charge in [0.15, 0.2) is 11.5 Å². The minimum atomic E-state index is 0.416. The highest BCUT2D eigenvalue weighted by atomic mass is 16.5. The van der Waals surface area contributed by atoms with Crippen LogP contribution in [0, 0.1) is 0 Å². The fourth-order valence-corrected chi connectivity index (χ4v) is 5.75. The van der Waals surface area contributed by atoms with Crippen LogP contribution in [0.25, 0.3) is 33.1 Å². The molecule has 0 bridgehead atoms. The van der Waals surface area contributed by atoms with Crippen LogP contribution in [0.4, 0.5) is 5.82 Å². The number of methoxy groups -OCH3 is 2. The Balaban J connectivity index is 1.27. The molecule has 2 aromatic carbocycles. The number of anilines is 1. The van der Waals surface area contributed by atoms with Crippen molar-refractivity contribution in [3.8, 4) is 22.6 Å². The molecule has 4 aromatic rings. The number of nitrogens with zero attached hydrogens (tertiary/aromatic N) is 3. The molecule has 1 aliphatic carbocycles. The van der Waals surface area contributed by atoms with E-state index in [9.17, 15) is 0 Å². The molecule has 2 fully saturated rings. The molecule has 36 heavy (non-hydrogen) atoms. The van der Waals surface area contributed by atoms with Gasteiger partial charge in [0.2, 0.25) is 0 Å². The Morgan fingerprint density at radius 3 is 2.44 bits per heavy atom. The smallest absolute Gasteiger partial charge is 0.161 e. The number of fused-ring (bicyclic) bond motifs is 3. The Hall–Kier alpha value is -3.36. The lowest BCUT2D eigenvalue weighted by Gasteiger charge is -2.39. The number of benzene rings is 2. The summed E-state index contributed by atoms with van der Waals surface area (Å²) in [6.07, 6.45) is 6.36. The van der Waals surface area contributed by atoms with E-state index in [1.807, 2.05) is 12.1 Å². The summed E-state index contributed by atoms with van der Waals surface area (Å²) in [5, 5.41) is 5.93. The molecule has 3 heterocycles. The van der Waals surface area contributed by atoms with Crippen molar-refractivity contribution in [3.05, 3.63) is 42.7 Å². The van der Waals surface area contributed by atoms with E-state index in [1.54, 1.807) is 20.5 Å². The van der Waals surface area contributed by atoms with Crippen molar-refractivity contribution in [2.75, 3.05) is 45.8 Å². The third kappa shape index (κ3) is 4.35. The van der Waals surface area contributed by atoms with Gasteiger partial charge in [0, 0.05) is 36.1 Å². The summed E-state index contributed by atoms with van der Waals surface area (Å²) in [4.78, 5) is 15.3. The quantitative estimate of drug-likeness (QED) is 0.402. The number of hydrogen-bond acceptors (Lipinski definition) is 7. The number of aromatic nitrogens is 3. The Morgan fingerprint density at radius 1 is 0.917 bits per heavy atom. The molecule has 0 atom stereocenters. The first-order chi connectivity index (χ1) is 17.7. The number of nitrogens with one attached hydrogen (secondary N) is 2. The van der Waals surface area contributed by atoms with Gasteiger partial charge in [-0.25, -0.2) is 9.97 Å². The molecule has 6 rings (SSSR count). The maximum Gasteiger partial charge on any atom is 0.161 e. The largest absolute Gasteiger partial charge is 0.493 e. The summed E-state index contributed by atoms with van der Waals surface area (Å²) in [5.74, 6) is 2.34. The van der Waals surface area contributed by atoms with Crippen LogP contribution in [0.15, 0.2) is 42.7 Å². The van der Waals surface area contributed by atoms with Gasteiger partial charge < -0.3 is 24.5 Å². The zero-order valence-corrected chi connectivity index (χ0v) is 20.9. The van der Waals surface area contributed by atoms with Crippen molar-refractivity contribution < 1.29 is 14.2 Å². The highest BCUT2D eigenvalue weighted by Crippen LogP contribution is 2.36. The molecule has 0 unspecified atom stereocenters. The van der Waals surface area contributed by atoms with Crippen LogP contribution in [0.3, 0.4) is 0 Å². The first kappa shape index (κ1) is 23.1. The predicted molar refractivity (Wildman–Crippen MR) is 142 cm³/mol. The number of rotatable bonds is 6. The SMILES string of the molecule is COc1ccc(-c2ccc3[nH]c4ncnc(N[C@H]5CC[C@H](N6CCOCC6)CC5)c4c3c2)cc1OC. The second kappa shape index (κ2) is 9.95. The number of H-pyrrole nitrogens is 1. The van der Waals surface area contributed by atoms with Gasteiger partial charge in [0.25, 0.3) is 0 Å². The van der Waals surface area contributed by atoms with E-state index in [-0.39, 0.29) is 0 Å². The predicted octanol–water partition coefficient (Wildman–Crippen LogP) is 4.85. The Labute approximate surface area is 211 Å². The monoisotopic (exact) mass is 487 g/mol. The van der Waals surface area contributed by atoms with Crippen LogP contribution >= 0.6 is 0 Å². The van der Waals surface area contributed by atoms with E-state index in [2.05, 4.69) is 49.4 Å². The summed E-state index contributed by atoms with van der Waals surface area (Å²) >= 11 is 0. The molecule has 2 aliphatic rings. The standard InChI is InChI=1S/C28H33N5O3/c1-34-24-10-4-19(16-25(24)35-2)18-3-9-23-22(15-18)26-27(29-17-30-28(26)32-23)31-20-5-7-21(8-6-20)33-11-13-36-14-12-33/h3-4,9-10,15-17,20-21H,5-8,11-14H2,1-2H3,(H2,29,30,31,32)/t20-,21-. The summed E-state index contributed by atoms with van der Waals surface area (Å²) in [7, 11) is 3.31. The summed E-state index contributed by atoms with van der Waals surface area (Å²) in [6, 6.07) is 13.5. The lowest BCUT2D eigenvalue weighted by atomic mass is 9.90. The molecule has 8 heteroatoms. The zero-order chi connectivity index (χ0) is 24.5. The van der Waals surface area contributed by atoms with Gasteiger partial charge in [-0.05, 0) is 61.1 Å². The Bertz CT molecular complexity index is 1360. The van der Waals surface area contributed by atoms with Gasteiger partial charge in [-0.3, -0.25) is 4.90 Å². The molecule has 0 radical (unpaired) electrons. The van der Waals surface area contributed by atoms with E-state index in [1.165, 1.54) is 12.8 Å². The van der Waals surface area contributed by atoms with E-state index < -0.39 is 0 Å². The van der Waals surface area contributed by atoms with Crippen LogP contribution in [0.5, 0.6) is 11.5 Å². The Kier molecular flexibility index (Phi) is 6.37. The van der Waals surface area contributed by atoms with Gasteiger partial charge in [-0.1, -0.05) is 12.1 Å². The van der Waals surface area contributed by atoms with Crippen molar-refractivity contribution >= 4 is 27.8 Å². The second-order valence-corrected chi connectivity index (χ2v) is 9.70. The topological polar surface area (TPSA) is 84.5 Å². The number of morpholine rings is 1. The van der Waals surface area contributed by atoms with Crippen molar-refractivity contribution in [3.63, 3.8) is 0 Å². The third-order valence-electron chi connectivity index (χ3n) is 7.71. The third-order valence-corrected chi connectivity index (χ3v) is 7.71. The molecule has 8 nitrogen and oxygen atoms in total. The molecule has 2 aromatic heterocycles. The van der Waals surface area contributed by atoms with Crippen LogP contribution in [0.1, 0.15) is 25.7 Å². The van der Waals surface area contributed by atoms with Crippen molar-refractivity contribution in [1.82, 2.24) is 19.9 Å². The first-order valence-electron chi connectivity index (χ1n) is 12.8. The van der Waals surface area contributed by atoms with Crippen LogP contribution in [0.2, 0.25) is 0 Å². The molecule has 1 saturated carbocycles. The normalized spacial score (nSPS) is 21.1. The molecule has 0 amide bonds. The fraction of sp³-hybridized carbons (Fsp3) is 0.429. The van der Waals surface area contributed by atoms with Crippen molar-refractivity contribution in [2.45, 2.75) is 37.8 Å². The molecular formula is C28H33N5O3. The van der Waals surface area contributed by atoms with Gasteiger partial charge in [0.05, 0.1) is 32.8 Å². The average Bonchev–Trinajstić information content (AvgIpc) is 3.32. The highest BCUT2D eigenvalue weighted by Gasteiger charge is 2.27. The van der Waals surface area contributed by atoms with Crippen LogP contribution in [-0.4, -0.2) is 72.5 Å². The fourth-order valence-electron chi connectivity index (χ4n) is 5.75. The maximum atomic E-state index is 5.53. The van der Waals surface area contributed by atoms with E-state index in [0.29, 0.717) is 17.8 Å². The maximum absolute atomic E-state index is 5.53. The lowest BCUT2D eigenvalue weighted by Crippen LogP contribution is -2.46. The zero-order valence-electron chi connectivity index (χ0n) is 20.9. The van der Waals surface area contributed by atoms with E-state index >= 15 is 0 Å². The highest BCUT2D eigenvalue weighted by molar-refractivity contribution is 6.12. The summed E-state index contributed by atoms with van der Waals surface area (Å²) in [5.41, 5.74) is 4.07.